The second-order valence-corrected chi connectivity index (χ2v) is 6.52. The number of nitrogens with one attached hydrogen (secondary N) is 2. The molecule has 0 spiro atoms. The van der Waals surface area contributed by atoms with Crippen LogP contribution in [0.2, 0.25) is 0 Å². The van der Waals surface area contributed by atoms with E-state index in [2.05, 4.69) is 21.6 Å². The predicted molar refractivity (Wildman–Crippen MR) is 83.7 cm³/mol. The lowest BCUT2D eigenvalue weighted by Gasteiger charge is -2.32. The lowest BCUT2D eigenvalue weighted by atomic mass is 9.98. The van der Waals surface area contributed by atoms with Crippen LogP contribution in [0.1, 0.15) is 41.6 Å². The molecule has 0 saturated carbocycles. The summed E-state index contributed by atoms with van der Waals surface area (Å²) in [6.45, 7) is 3.34. The van der Waals surface area contributed by atoms with Crippen LogP contribution in [0.15, 0.2) is 18.2 Å². The highest BCUT2D eigenvalue weighted by atomic mass is 16.1. The van der Waals surface area contributed by atoms with E-state index in [4.69, 9.17) is 0 Å². The summed E-state index contributed by atoms with van der Waals surface area (Å²) in [6, 6.07) is 6.94. The van der Waals surface area contributed by atoms with Crippen molar-refractivity contribution in [2.75, 3.05) is 25.0 Å². The van der Waals surface area contributed by atoms with Gasteiger partial charge in [0.25, 0.3) is 5.91 Å². The molecule has 2 unspecified atom stereocenters. The molecule has 4 nitrogen and oxygen atoms in total. The number of hydrogen-bond donors (Lipinski definition) is 2. The molecule has 1 aromatic carbocycles. The summed E-state index contributed by atoms with van der Waals surface area (Å²) in [4.78, 5) is 15.1. The maximum absolute atomic E-state index is 12.5. The molecule has 0 aromatic heterocycles. The van der Waals surface area contributed by atoms with Gasteiger partial charge in [-0.25, -0.2) is 0 Å². The zero-order valence-corrected chi connectivity index (χ0v) is 12.4. The van der Waals surface area contributed by atoms with Gasteiger partial charge in [0.1, 0.15) is 0 Å². The molecular formula is C17H23N3O. The Bertz CT molecular complexity index is 557. The van der Waals surface area contributed by atoms with E-state index in [1.807, 2.05) is 12.1 Å². The van der Waals surface area contributed by atoms with Crippen LogP contribution in [0.4, 0.5) is 5.69 Å². The van der Waals surface area contributed by atoms with Crippen molar-refractivity contribution in [2.24, 2.45) is 0 Å². The number of nitrogens with zero attached hydrogens (tertiary/aromatic N) is 1. The van der Waals surface area contributed by atoms with Gasteiger partial charge in [0.15, 0.2) is 0 Å². The number of fused-ring (bicyclic) bond motifs is 2. The van der Waals surface area contributed by atoms with Gasteiger partial charge in [-0.2, -0.15) is 0 Å². The maximum Gasteiger partial charge on any atom is 0.251 e. The standard InChI is InChI=1S/C17H23N3O/c21-17(13-4-5-14-12(11-13)6-8-18-14)19-15-7-10-20-9-2-1-3-16(15)20/h4-5,11,15-16,18H,1-3,6-10H2,(H,19,21). The Hall–Kier alpha value is -1.55. The van der Waals surface area contributed by atoms with Crippen LogP contribution in [0, 0.1) is 0 Å². The smallest absolute Gasteiger partial charge is 0.251 e. The topological polar surface area (TPSA) is 44.4 Å². The molecule has 112 valence electrons. The van der Waals surface area contributed by atoms with Crippen LogP contribution in [-0.2, 0) is 6.42 Å². The van der Waals surface area contributed by atoms with E-state index in [0.717, 1.165) is 31.5 Å². The molecule has 0 aliphatic carbocycles. The fourth-order valence-corrected chi connectivity index (χ4v) is 4.11. The van der Waals surface area contributed by atoms with Gasteiger partial charge in [0, 0.05) is 36.4 Å². The zero-order valence-electron chi connectivity index (χ0n) is 12.4. The monoisotopic (exact) mass is 285 g/mol. The molecule has 1 aromatic rings. The Labute approximate surface area is 125 Å². The van der Waals surface area contributed by atoms with Gasteiger partial charge in [0.05, 0.1) is 0 Å². The number of benzene rings is 1. The van der Waals surface area contributed by atoms with Gasteiger partial charge >= 0.3 is 0 Å². The van der Waals surface area contributed by atoms with E-state index in [1.165, 1.54) is 37.1 Å². The van der Waals surface area contributed by atoms with E-state index < -0.39 is 0 Å². The highest BCUT2D eigenvalue weighted by Crippen LogP contribution is 2.28. The molecule has 2 saturated heterocycles. The second kappa shape index (κ2) is 5.34. The first kappa shape index (κ1) is 13.1. The van der Waals surface area contributed by atoms with E-state index in [1.54, 1.807) is 0 Å². The fraction of sp³-hybridized carbons (Fsp3) is 0.588. The molecule has 1 amide bonds. The van der Waals surface area contributed by atoms with E-state index in [9.17, 15) is 4.79 Å². The highest BCUT2D eigenvalue weighted by Gasteiger charge is 2.36. The molecule has 2 fully saturated rings. The molecule has 0 radical (unpaired) electrons. The van der Waals surface area contributed by atoms with Gasteiger partial charge in [-0.3, -0.25) is 9.69 Å². The van der Waals surface area contributed by atoms with Crippen molar-refractivity contribution in [3.63, 3.8) is 0 Å². The average molecular weight is 285 g/mol. The third kappa shape index (κ3) is 2.42. The van der Waals surface area contributed by atoms with E-state index in [0.29, 0.717) is 12.1 Å². The number of carbonyl (C=O) groups excluding carboxylic acids is 1. The number of amides is 1. The summed E-state index contributed by atoms with van der Waals surface area (Å²) in [5.74, 6) is 0.0992. The summed E-state index contributed by atoms with van der Waals surface area (Å²) < 4.78 is 0. The maximum atomic E-state index is 12.5. The van der Waals surface area contributed by atoms with Crippen molar-refractivity contribution in [1.29, 1.82) is 0 Å². The van der Waals surface area contributed by atoms with Gasteiger partial charge < -0.3 is 10.6 Å². The van der Waals surface area contributed by atoms with Crippen LogP contribution in [0.3, 0.4) is 0 Å². The molecular weight excluding hydrogens is 262 g/mol. The third-order valence-electron chi connectivity index (χ3n) is 5.25. The van der Waals surface area contributed by atoms with Gasteiger partial charge in [0.2, 0.25) is 0 Å². The largest absolute Gasteiger partial charge is 0.384 e. The molecule has 0 bridgehead atoms. The number of rotatable bonds is 2. The van der Waals surface area contributed by atoms with Crippen molar-refractivity contribution < 1.29 is 4.79 Å². The van der Waals surface area contributed by atoms with Crippen LogP contribution < -0.4 is 10.6 Å². The Balaban J connectivity index is 1.46. The van der Waals surface area contributed by atoms with Gasteiger partial charge in [-0.1, -0.05) is 6.42 Å². The summed E-state index contributed by atoms with van der Waals surface area (Å²) in [6.07, 6.45) is 5.98. The second-order valence-electron chi connectivity index (χ2n) is 6.52. The summed E-state index contributed by atoms with van der Waals surface area (Å²) in [5.41, 5.74) is 3.27. The van der Waals surface area contributed by atoms with Crippen LogP contribution in [-0.4, -0.2) is 42.5 Å². The average Bonchev–Trinajstić information content (AvgIpc) is 3.13. The zero-order chi connectivity index (χ0) is 14.2. The minimum absolute atomic E-state index is 0.0992. The first-order valence-corrected chi connectivity index (χ1v) is 8.23. The lowest BCUT2D eigenvalue weighted by molar-refractivity contribution is 0.0915. The van der Waals surface area contributed by atoms with E-state index >= 15 is 0 Å². The Kier molecular flexibility index (Phi) is 3.34. The fourth-order valence-electron chi connectivity index (χ4n) is 4.11. The number of carbonyl (C=O) groups is 1. The van der Waals surface area contributed by atoms with Crippen molar-refractivity contribution in [3.05, 3.63) is 29.3 Å². The van der Waals surface area contributed by atoms with Crippen molar-refractivity contribution >= 4 is 11.6 Å². The molecule has 4 rings (SSSR count). The minimum atomic E-state index is 0.0992. The number of hydrogen-bond acceptors (Lipinski definition) is 3. The first-order chi connectivity index (χ1) is 10.3. The van der Waals surface area contributed by atoms with Crippen molar-refractivity contribution in [3.8, 4) is 0 Å². The predicted octanol–water partition coefficient (Wildman–Crippen LogP) is 2.01. The van der Waals surface area contributed by atoms with Crippen LogP contribution in [0.5, 0.6) is 0 Å². The molecule has 3 aliphatic heterocycles. The SMILES string of the molecule is O=C(NC1CCN2CCCCC12)c1ccc2c(c1)CCN2. The minimum Gasteiger partial charge on any atom is -0.384 e. The van der Waals surface area contributed by atoms with Gasteiger partial charge in [-0.15, -0.1) is 0 Å². The summed E-state index contributed by atoms with van der Waals surface area (Å²) in [7, 11) is 0. The Morgan fingerprint density at radius 3 is 3.14 bits per heavy atom. The molecule has 21 heavy (non-hydrogen) atoms. The molecule has 3 heterocycles. The number of piperidine rings is 1. The molecule has 2 N–H and O–H groups in total. The normalized spacial score (nSPS) is 27.8. The lowest BCUT2D eigenvalue weighted by Crippen LogP contribution is -2.46. The van der Waals surface area contributed by atoms with Crippen molar-refractivity contribution in [1.82, 2.24) is 10.2 Å². The molecule has 2 atom stereocenters. The van der Waals surface area contributed by atoms with Gasteiger partial charge in [-0.05, 0) is 56.0 Å². The Morgan fingerprint density at radius 1 is 1.24 bits per heavy atom. The van der Waals surface area contributed by atoms with Crippen LogP contribution >= 0.6 is 0 Å². The summed E-state index contributed by atoms with van der Waals surface area (Å²) >= 11 is 0. The highest BCUT2D eigenvalue weighted by molar-refractivity contribution is 5.95. The third-order valence-corrected chi connectivity index (χ3v) is 5.25. The van der Waals surface area contributed by atoms with Crippen molar-refractivity contribution in [2.45, 2.75) is 44.2 Å². The van der Waals surface area contributed by atoms with Crippen LogP contribution in [0.25, 0.3) is 0 Å². The molecule has 4 heteroatoms. The number of anilines is 1. The Morgan fingerprint density at radius 2 is 2.19 bits per heavy atom. The summed E-state index contributed by atoms with van der Waals surface area (Å²) in [5, 5.41) is 6.62. The first-order valence-electron chi connectivity index (χ1n) is 8.23. The van der Waals surface area contributed by atoms with E-state index in [-0.39, 0.29) is 5.91 Å². The molecule has 3 aliphatic rings. The quantitative estimate of drug-likeness (QED) is 0.873.